The molecule has 2 atom stereocenters. The van der Waals surface area contributed by atoms with E-state index >= 15 is 0 Å². The van der Waals surface area contributed by atoms with Gasteiger partial charge in [-0.15, -0.1) is 24.8 Å². The van der Waals surface area contributed by atoms with E-state index in [2.05, 4.69) is 28.8 Å². The lowest BCUT2D eigenvalue weighted by molar-refractivity contribution is 0.299. The van der Waals surface area contributed by atoms with Gasteiger partial charge in [-0.3, -0.25) is 0 Å². The van der Waals surface area contributed by atoms with Gasteiger partial charge >= 0.3 is 0 Å². The zero-order chi connectivity index (χ0) is 18.8. The third-order valence-electron chi connectivity index (χ3n) is 5.91. The number of fused-ring (bicyclic) bond motifs is 3. The van der Waals surface area contributed by atoms with E-state index < -0.39 is 0 Å². The second-order valence-corrected chi connectivity index (χ2v) is 7.66. The van der Waals surface area contributed by atoms with Crippen molar-refractivity contribution in [2.45, 2.75) is 50.7 Å². The highest BCUT2D eigenvalue weighted by Crippen LogP contribution is 2.32. The first-order chi connectivity index (χ1) is 13.2. The highest BCUT2D eigenvalue weighted by molar-refractivity contribution is 5.86. The monoisotopic (exact) mass is 435 g/mol. The minimum absolute atomic E-state index is 0. The Labute approximate surface area is 185 Å². The van der Waals surface area contributed by atoms with Crippen LogP contribution in [0.2, 0.25) is 0 Å². The molecule has 0 saturated heterocycles. The maximum absolute atomic E-state index is 9.07. The first kappa shape index (κ1) is 23.7. The van der Waals surface area contributed by atoms with E-state index in [0.29, 0.717) is 6.42 Å². The standard InChI is InChI=1S/C23H29N3O.2ClH/c24-20(23(25)17-10-8-16(9-11-17)12-14-27)15-19-18-5-1-2-6-21(18)26-13-4-3-7-22(19)26;;/h1-2,5-6,8-11,20,23,27H,3-4,7,12-15,24-25H2;2*1H. The maximum Gasteiger partial charge on any atom is 0.0485 e. The molecule has 6 heteroatoms. The summed E-state index contributed by atoms with van der Waals surface area (Å²) in [6.45, 7) is 1.27. The van der Waals surface area contributed by atoms with Gasteiger partial charge in [-0.25, -0.2) is 0 Å². The number of aryl methyl sites for hydroxylation is 1. The smallest absolute Gasteiger partial charge is 0.0485 e. The molecule has 0 bridgehead atoms. The van der Waals surface area contributed by atoms with Crippen LogP contribution < -0.4 is 11.5 Å². The summed E-state index contributed by atoms with van der Waals surface area (Å²) in [5, 5.41) is 10.4. The molecule has 0 aliphatic carbocycles. The van der Waals surface area contributed by atoms with Gasteiger partial charge in [0.1, 0.15) is 0 Å². The van der Waals surface area contributed by atoms with Crippen LogP contribution in [0.5, 0.6) is 0 Å². The molecular weight excluding hydrogens is 405 g/mol. The highest BCUT2D eigenvalue weighted by atomic mass is 35.5. The molecule has 4 rings (SSSR count). The van der Waals surface area contributed by atoms with Crippen LogP contribution in [-0.2, 0) is 25.8 Å². The lowest BCUT2D eigenvalue weighted by Crippen LogP contribution is -2.36. The molecule has 2 heterocycles. The molecule has 0 spiro atoms. The van der Waals surface area contributed by atoms with Crippen LogP contribution in [0.15, 0.2) is 48.5 Å². The minimum atomic E-state index is -0.203. The van der Waals surface area contributed by atoms with E-state index in [1.165, 1.54) is 35.0 Å². The Balaban J connectivity index is 0.00000150. The second kappa shape index (κ2) is 10.5. The third kappa shape index (κ3) is 4.79. The fraction of sp³-hybridized carbons (Fsp3) is 0.391. The molecule has 1 aromatic heterocycles. The van der Waals surface area contributed by atoms with Gasteiger partial charge in [-0.2, -0.15) is 0 Å². The fourth-order valence-corrected chi connectivity index (χ4v) is 4.40. The van der Waals surface area contributed by atoms with Gasteiger partial charge in [-0.1, -0.05) is 42.5 Å². The number of aromatic nitrogens is 1. The van der Waals surface area contributed by atoms with E-state index in [1.807, 2.05) is 24.3 Å². The van der Waals surface area contributed by atoms with Crippen LogP contribution in [0.4, 0.5) is 0 Å². The van der Waals surface area contributed by atoms with Gasteiger partial charge in [0.25, 0.3) is 0 Å². The summed E-state index contributed by atoms with van der Waals surface area (Å²) < 4.78 is 2.48. The summed E-state index contributed by atoms with van der Waals surface area (Å²) in [7, 11) is 0. The molecule has 1 aliphatic heterocycles. The number of halogens is 2. The summed E-state index contributed by atoms with van der Waals surface area (Å²) in [5.41, 5.74) is 19.4. The third-order valence-corrected chi connectivity index (χ3v) is 5.91. The number of hydrogen-bond donors (Lipinski definition) is 3. The molecular formula is C23H31Cl2N3O. The quantitative estimate of drug-likeness (QED) is 0.548. The van der Waals surface area contributed by atoms with Gasteiger partial charge in [0, 0.05) is 41.8 Å². The van der Waals surface area contributed by atoms with Crippen LogP contribution in [0.3, 0.4) is 0 Å². The average molecular weight is 436 g/mol. The Morgan fingerprint density at radius 1 is 0.966 bits per heavy atom. The van der Waals surface area contributed by atoms with Crippen LogP contribution >= 0.6 is 24.8 Å². The van der Waals surface area contributed by atoms with Gasteiger partial charge in [0.15, 0.2) is 0 Å². The van der Waals surface area contributed by atoms with E-state index in [9.17, 15) is 0 Å². The summed E-state index contributed by atoms with van der Waals surface area (Å²) in [6, 6.07) is 16.5. The molecule has 3 aromatic rings. The predicted molar refractivity (Wildman–Crippen MR) is 125 cm³/mol. The van der Waals surface area contributed by atoms with Gasteiger partial charge < -0.3 is 21.1 Å². The molecule has 1 aliphatic rings. The van der Waals surface area contributed by atoms with Crippen molar-refractivity contribution < 1.29 is 5.11 Å². The van der Waals surface area contributed by atoms with E-state index in [1.54, 1.807) is 0 Å². The SMILES string of the molecule is Cl.Cl.NC(Cc1c2n(c3ccccc13)CCCC2)C(N)c1ccc(CCO)cc1. The molecule has 2 aromatic carbocycles. The van der Waals surface area contributed by atoms with Crippen LogP contribution in [0, 0.1) is 0 Å². The van der Waals surface area contributed by atoms with E-state index in [-0.39, 0.29) is 43.5 Å². The zero-order valence-electron chi connectivity index (χ0n) is 16.6. The zero-order valence-corrected chi connectivity index (χ0v) is 18.2. The Morgan fingerprint density at radius 2 is 1.69 bits per heavy atom. The normalized spacial score (nSPS) is 15.1. The maximum atomic E-state index is 9.07. The van der Waals surface area contributed by atoms with Crippen molar-refractivity contribution in [3.63, 3.8) is 0 Å². The molecule has 29 heavy (non-hydrogen) atoms. The van der Waals surface area contributed by atoms with E-state index in [4.69, 9.17) is 16.6 Å². The lowest BCUT2D eigenvalue weighted by atomic mass is 9.92. The average Bonchev–Trinajstić information content (AvgIpc) is 3.02. The van der Waals surface area contributed by atoms with Crippen LogP contribution in [0.1, 0.15) is 41.3 Å². The summed E-state index contributed by atoms with van der Waals surface area (Å²) in [4.78, 5) is 0. The number of para-hydroxylation sites is 1. The largest absolute Gasteiger partial charge is 0.396 e. The van der Waals surface area contributed by atoms with Crippen molar-refractivity contribution in [3.8, 4) is 0 Å². The van der Waals surface area contributed by atoms with Crippen molar-refractivity contribution in [1.82, 2.24) is 4.57 Å². The number of hydrogen-bond acceptors (Lipinski definition) is 3. The molecule has 0 amide bonds. The lowest BCUT2D eigenvalue weighted by Gasteiger charge is -2.22. The highest BCUT2D eigenvalue weighted by Gasteiger charge is 2.23. The minimum Gasteiger partial charge on any atom is -0.396 e. The number of benzene rings is 2. The molecule has 0 fully saturated rings. The van der Waals surface area contributed by atoms with Gasteiger partial charge in [0.2, 0.25) is 0 Å². The van der Waals surface area contributed by atoms with Crippen molar-refractivity contribution in [2.75, 3.05) is 6.61 Å². The number of aliphatic hydroxyl groups excluding tert-OH is 1. The van der Waals surface area contributed by atoms with Crippen LogP contribution in [0.25, 0.3) is 10.9 Å². The molecule has 5 N–H and O–H groups in total. The second-order valence-electron chi connectivity index (χ2n) is 7.66. The Bertz CT molecular complexity index is 924. The topological polar surface area (TPSA) is 77.2 Å². The summed E-state index contributed by atoms with van der Waals surface area (Å²) >= 11 is 0. The van der Waals surface area contributed by atoms with Crippen molar-refractivity contribution in [1.29, 1.82) is 0 Å². The van der Waals surface area contributed by atoms with Crippen LogP contribution in [-0.4, -0.2) is 22.3 Å². The predicted octanol–water partition coefficient (Wildman–Crippen LogP) is 3.93. The Kier molecular flexibility index (Phi) is 8.56. The first-order valence-electron chi connectivity index (χ1n) is 9.99. The van der Waals surface area contributed by atoms with Crippen molar-refractivity contribution in [2.24, 2.45) is 11.5 Å². The van der Waals surface area contributed by atoms with E-state index in [0.717, 1.165) is 30.5 Å². The number of nitrogens with two attached hydrogens (primary N) is 2. The molecule has 2 unspecified atom stereocenters. The number of nitrogens with zero attached hydrogens (tertiary/aromatic N) is 1. The van der Waals surface area contributed by atoms with Gasteiger partial charge in [0.05, 0.1) is 0 Å². The summed E-state index contributed by atoms with van der Waals surface area (Å²) in [5.74, 6) is 0. The Morgan fingerprint density at radius 3 is 2.41 bits per heavy atom. The number of rotatable bonds is 6. The number of aliphatic hydroxyl groups is 1. The molecule has 4 nitrogen and oxygen atoms in total. The Hall–Kier alpha value is -1.56. The first-order valence-corrected chi connectivity index (χ1v) is 9.99. The molecule has 0 radical (unpaired) electrons. The fourth-order valence-electron chi connectivity index (χ4n) is 4.40. The van der Waals surface area contributed by atoms with Crippen molar-refractivity contribution >= 4 is 35.7 Å². The molecule has 158 valence electrons. The van der Waals surface area contributed by atoms with Crippen molar-refractivity contribution in [3.05, 3.63) is 70.9 Å². The molecule has 0 saturated carbocycles. The van der Waals surface area contributed by atoms with Gasteiger partial charge in [-0.05, 0) is 54.9 Å². The summed E-state index contributed by atoms with van der Waals surface area (Å²) in [6.07, 6.45) is 5.09.